The first kappa shape index (κ1) is 19.2. The number of hydrogen-bond acceptors (Lipinski definition) is 5. The highest BCUT2D eigenvalue weighted by Crippen LogP contribution is 2.11. The molecule has 2 heterocycles. The van der Waals surface area contributed by atoms with Gasteiger partial charge < -0.3 is 15.4 Å². The highest BCUT2D eigenvalue weighted by molar-refractivity contribution is 7.11. The molecule has 0 atom stereocenters. The van der Waals surface area contributed by atoms with Crippen LogP contribution in [0.4, 0.5) is 0 Å². The molecule has 0 aliphatic carbocycles. The van der Waals surface area contributed by atoms with E-state index in [1.54, 1.807) is 11.3 Å². The fourth-order valence-corrected chi connectivity index (χ4v) is 2.92. The Morgan fingerprint density at radius 3 is 2.68 bits per heavy atom. The second-order valence-electron chi connectivity index (χ2n) is 5.91. The monoisotopic (exact) mass is 361 g/mol. The Hall–Kier alpha value is -2.15. The minimum atomic E-state index is 0.127. The minimum Gasteiger partial charge on any atom is -0.475 e. The van der Waals surface area contributed by atoms with Crippen molar-refractivity contribution in [2.45, 2.75) is 46.8 Å². The molecule has 0 saturated carbocycles. The van der Waals surface area contributed by atoms with Gasteiger partial charge in [0, 0.05) is 42.8 Å². The van der Waals surface area contributed by atoms with E-state index >= 15 is 0 Å². The standard InChI is InChI=1S/C18H27N5OS/c1-5-19-18(20-9-8-17-22-10-14(4)25-17)23-12-15-6-7-16(21-11-15)24-13(2)3/h6-7,10-11,13H,5,8-9,12H2,1-4H3,(H2,19,20,23). The van der Waals surface area contributed by atoms with Crippen molar-refractivity contribution in [1.29, 1.82) is 0 Å². The number of pyridine rings is 1. The SMILES string of the molecule is CCNC(=NCc1ccc(OC(C)C)nc1)NCCc1ncc(C)s1. The average Bonchev–Trinajstić information content (AvgIpc) is 2.99. The van der Waals surface area contributed by atoms with Gasteiger partial charge in [0.1, 0.15) is 0 Å². The van der Waals surface area contributed by atoms with E-state index in [2.05, 4.69) is 39.4 Å². The molecule has 0 saturated heterocycles. The van der Waals surface area contributed by atoms with Gasteiger partial charge in [0.15, 0.2) is 5.96 Å². The lowest BCUT2D eigenvalue weighted by molar-refractivity contribution is 0.232. The average molecular weight is 362 g/mol. The number of aliphatic imine (C=N–C) groups is 1. The number of guanidine groups is 1. The molecule has 2 rings (SSSR count). The molecule has 2 N–H and O–H groups in total. The minimum absolute atomic E-state index is 0.127. The van der Waals surface area contributed by atoms with Crippen molar-refractivity contribution in [3.63, 3.8) is 0 Å². The summed E-state index contributed by atoms with van der Waals surface area (Å²) in [4.78, 5) is 14.5. The second-order valence-corrected chi connectivity index (χ2v) is 7.23. The third kappa shape index (κ3) is 7.09. The predicted octanol–water partition coefficient (Wildman–Crippen LogP) is 2.93. The van der Waals surface area contributed by atoms with Crippen LogP contribution in [0.1, 0.15) is 36.2 Å². The zero-order valence-corrected chi connectivity index (χ0v) is 16.2. The molecule has 0 aliphatic rings. The Morgan fingerprint density at radius 1 is 1.24 bits per heavy atom. The largest absolute Gasteiger partial charge is 0.475 e. The van der Waals surface area contributed by atoms with Crippen LogP contribution in [0.3, 0.4) is 0 Å². The van der Waals surface area contributed by atoms with E-state index in [0.29, 0.717) is 12.4 Å². The number of aromatic nitrogens is 2. The first-order chi connectivity index (χ1) is 12.1. The lowest BCUT2D eigenvalue weighted by Crippen LogP contribution is -2.38. The number of aryl methyl sites for hydroxylation is 1. The highest BCUT2D eigenvalue weighted by atomic mass is 32.1. The molecule has 7 heteroatoms. The number of nitrogens with zero attached hydrogens (tertiary/aromatic N) is 3. The smallest absolute Gasteiger partial charge is 0.213 e. The quantitative estimate of drug-likeness (QED) is 0.559. The molecule has 25 heavy (non-hydrogen) atoms. The summed E-state index contributed by atoms with van der Waals surface area (Å²) in [6, 6.07) is 3.88. The van der Waals surface area contributed by atoms with Gasteiger partial charge in [-0.15, -0.1) is 11.3 Å². The van der Waals surface area contributed by atoms with Gasteiger partial charge in [0.05, 0.1) is 17.7 Å². The zero-order chi connectivity index (χ0) is 18.1. The molecule has 6 nitrogen and oxygen atoms in total. The van der Waals surface area contributed by atoms with Crippen LogP contribution in [0.25, 0.3) is 0 Å². The van der Waals surface area contributed by atoms with Gasteiger partial charge in [0.2, 0.25) is 5.88 Å². The van der Waals surface area contributed by atoms with E-state index in [4.69, 9.17) is 4.74 Å². The molecular weight excluding hydrogens is 334 g/mol. The molecule has 0 aliphatic heterocycles. The summed E-state index contributed by atoms with van der Waals surface area (Å²) in [6.45, 7) is 10.3. The third-order valence-electron chi connectivity index (χ3n) is 3.22. The first-order valence-electron chi connectivity index (χ1n) is 8.62. The fourth-order valence-electron chi connectivity index (χ4n) is 2.13. The van der Waals surface area contributed by atoms with E-state index in [9.17, 15) is 0 Å². The van der Waals surface area contributed by atoms with E-state index in [0.717, 1.165) is 36.0 Å². The molecule has 136 valence electrons. The van der Waals surface area contributed by atoms with Gasteiger partial charge in [0.25, 0.3) is 0 Å². The molecule has 2 aromatic heterocycles. The van der Waals surface area contributed by atoms with Crippen molar-refractivity contribution >= 4 is 17.3 Å². The molecule has 0 bridgehead atoms. The van der Waals surface area contributed by atoms with Crippen LogP contribution in [-0.4, -0.2) is 35.1 Å². The van der Waals surface area contributed by atoms with Gasteiger partial charge >= 0.3 is 0 Å². The van der Waals surface area contributed by atoms with Gasteiger partial charge in [-0.2, -0.15) is 0 Å². The molecule has 0 aromatic carbocycles. The fraction of sp³-hybridized carbons (Fsp3) is 0.500. The summed E-state index contributed by atoms with van der Waals surface area (Å²) < 4.78 is 5.55. The number of thiazole rings is 1. The Balaban J connectivity index is 1.85. The normalized spacial score (nSPS) is 11.6. The summed E-state index contributed by atoms with van der Waals surface area (Å²) >= 11 is 1.74. The Bertz CT molecular complexity index is 666. The number of ether oxygens (including phenoxy) is 1. The van der Waals surface area contributed by atoms with Crippen LogP contribution in [0, 0.1) is 6.92 Å². The highest BCUT2D eigenvalue weighted by Gasteiger charge is 2.02. The predicted molar refractivity (Wildman–Crippen MR) is 103 cm³/mol. The Kier molecular flexibility index (Phi) is 7.66. The Labute approximate surface area is 153 Å². The van der Waals surface area contributed by atoms with Crippen molar-refractivity contribution in [3.8, 4) is 5.88 Å². The first-order valence-corrected chi connectivity index (χ1v) is 9.43. The molecule has 0 unspecified atom stereocenters. The van der Waals surface area contributed by atoms with Crippen molar-refractivity contribution in [3.05, 3.63) is 40.0 Å². The molecule has 0 radical (unpaired) electrons. The van der Waals surface area contributed by atoms with Gasteiger partial charge in [-0.25, -0.2) is 15.0 Å². The maximum atomic E-state index is 5.55. The number of hydrogen-bond donors (Lipinski definition) is 2. The summed E-state index contributed by atoms with van der Waals surface area (Å²) in [5.74, 6) is 1.45. The van der Waals surface area contributed by atoms with Crippen molar-refractivity contribution < 1.29 is 4.74 Å². The summed E-state index contributed by atoms with van der Waals surface area (Å²) in [6.07, 6.45) is 4.75. The molecular formula is C18H27N5OS. The maximum Gasteiger partial charge on any atom is 0.213 e. The van der Waals surface area contributed by atoms with Gasteiger partial charge in [-0.1, -0.05) is 6.07 Å². The van der Waals surface area contributed by atoms with E-state index < -0.39 is 0 Å². The third-order valence-corrected chi connectivity index (χ3v) is 4.19. The van der Waals surface area contributed by atoms with Crippen molar-refractivity contribution in [2.75, 3.05) is 13.1 Å². The van der Waals surface area contributed by atoms with Crippen LogP contribution in [0.2, 0.25) is 0 Å². The summed E-state index contributed by atoms with van der Waals surface area (Å²) in [5, 5.41) is 7.75. The number of nitrogens with one attached hydrogen (secondary N) is 2. The summed E-state index contributed by atoms with van der Waals surface area (Å²) in [5.41, 5.74) is 1.05. The van der Waals surface area contributed by atoms with Crippen molar-refractivity contribution in [2.24, 2.45) is 4.99 Å². The molecule has 2 aromatic rings. The lowest BCUT2D eigenvalue weighted by atomic mass is 10.3. The Morgan fingerprint density at radius 2 is 2.08 bits per heavy atom. The van der Waals surface area contributed by atoms with Crippen LogP contribution in [0.15, 0.2) is 29.5 Å². The van der Waals surface area contributed by atoms with Crippen LogP contribution in [-0.2, 0) is 13.0 Å². The van der Waals surface area contributed by atoms with E-state index in [1.165, 1.54) is 4.88 Å². The van der Waals surface area contributed by atoms with E-state index in [1.807, 2.05) is 38.4 Å². The molecule has 0 fully saturated rings. The molecule has 0 amide bonds. The van der Waals surface area contributed by atoms with Crippen LogP contribution >= 0.6 is 11.3 Å². The zero-order valence-electron chi connectivity index (χ0n) is 15.4. The maximum absolute atomic E-state index is 5.55. The van der Waals surface area contributed by atoms with Gasteiger partial charge in [-0.05, 0) is 33.3 Å². The van der Waals surface area contributed by atoms with Gasteiger partial charge in [-0.3, -0.25) is 0 Å². The van der Waals surface area contributed by atoms with Crippen LogP contribution in [0.5, 0.6) is 5.88 Å². The molecule has 0 spiro atoms. The topological polar surface area (TPSA) is 71.4 Å². The summed E-state index contributed by atoms with van der Waals surface area (Å²) in [7, 11) is 0. The second kappa shape index (κ2) is 9.98. The van der Waals surface area contributed by atoms with Crippen molar-refractivity contribution in [1.82, 2.24) is 20.6 Å². The van der Waals surface area contributed by atoms with Crippen LogP contribution < -0.4 is 15.4 Å². The lowest BCUT2D eigenvalue weighted by Gasteiger charge is -2.11. The van der Waals surface area contributed by atoms with E-state index in [-0.39, 0.29) is 6.10 Å². The number of rotatable bonds is 8.